The van der Waals surface area contributed by atoms with Crippen LogP contribution in [0.5, 0.6) is 11.6 Å². The summed E-state index contributed by atoms with van der Waals surface area (Å²) in [5.74, 6) is 1.40. The van der Waals surface area contributed by atoms with Gasteiger partial charge in [0.15, 0.2) is 11.5 Å². The molecule has 1 aliphatic heterocycles. The summed E-state index contributed by atoms with van der Waals surface area (Å²) < 4.78 is 11.6. The van der Waals surface area contributed by atoms with E-state index in [9.17, 15) is 0 Å². The summed E-state index contributed by atoms with van der Waals surface area (Å²) in [5, 5.41) is 0. The third-order valence-electron chi connectivity index (χ3n) is 5.55. The number of hydrogen-bond acceptors (Lipinski definition) is 8. The number of pyridine rings is 1. The third kappa shape index (κ3) is 3.64. The molecule has 0 unspecified atom stereocenters. The van der Waals surface area contributed by atoms with E-state index >= 15 is 0 Å². The molecule has 4 aromatic rings. The maximum absolute atomic E-state index is 6.05. The van der Waals surface area contributed by atoms with Crippen molar-refractivity contribution >= 4 is 17.0 Å². The van der Waals surface area contributed by atoms with Crippen LogP contribution in [0, 0.1) is 0 Å². The Morgan fingerprint density at radius 3 is 3.00 bits per heavy atom. The first-order valence-electron chi connectivity index (χ1n) is 10.0. The molecule has 0 atom stereocenters. The monoisotopic (exact) mass is 417 g/mol. The van der Waals surface area contributed by atoms with Gasteiger partial charge in [-0.25, -0.2) is 19.9 Å². The van der Waals surface area contributed by atoms with Crippen LogP contribution in [0.1, 0.15) is 16.7 Å². The number of hydrogen-bond donors (Lipinski definition) is 2. The Morgan fingerprint density at radius 1 is 1.23 bits per heavy atom. The Kier molecular flexibility index (Phi) is 4.87. The van der Waals surface area contributed by atoms with Gasteiger partial charge in [0.25, 0.3) is 5.88 Å². The number of fused-ring (bicyclic) bond motifs is 2. The fraction of sp³-hybridized carbons (Fsp3) is 0.273. The van der Waals surface area contributed by atoms with Crippen molar-refractivity contribution in [1.29, 1.82) is 0 Å². The van der Waals surface area contributed by atoms with Crippen LogP contribution in [0.15, 0.2) is 36.9 Å². The lowest BCUT2D eigenvalue weighted by Gasteiger charge is -2.27. The van der Waals surface area contributed by atoms with Crippen LogP contribution in [0.25, 0.3) is 22.4 Å². The molecule has 1 aromatic carbocycles. The van der Waals surface area contributed by atoms with Crippen molar-refractivity contribution in [3.63, 3.8) is 0 Å². The summed E-state index contributed by atoms with van der Waals surface area (Å²) in [6, 6.07) is 6.03. The van der Waals surface area contributed by atoms with E-state index in [0.717, 1.165) is 41.9 Å². The lowest BCUT2D eigenvalue weighted by Crippen LogP contribution is -2.26. The molecule has 9 heteroatoms. The maximum Gasteiger partial charge on any atom is 0.258 e. The molecule has 4 heterocycles. The number of nitrogens with two attached hydrogens (primary N) is 1. The van der Waals surface area contributed by atoms with E-state index in [1.165, 1.54) is 11.1 Å². The molecule has 0 bridgehead atoms. The van der Waals surface area contributed by atoms with Gasteiger partial charge in [-0.05, 0) is 42.8 Å². The number of aromatic amines is 1. The van der Waals surface area contributed by atoms with E-state index in [-0.39, 0.29) is 18.3 Å². The predicted octanol–water partition coefficient (Wildman–Crippen LogP) is 2.57. The van der Waals surface area contributed by atoms with Gasteiger partial charge in [-0.15, -0.1) is 0 Å². The molecule has 3 aromatic heterocycles. The van der Waals surface area contributed by atoms with Gasteiger partial charge in [-0.1, -0.05) is 0 Å². The number of anilines is 1. The average Bonchev–Trinajstić information content (AvgIpc) is 3.27. The van der Waals surface area contributed by atoms with E-state index in [1.54, 1.807) is 25.8 Å². The van der Waals surface area contributed by atoms with Crippen molar-refractivity contribution in [2.24, 2.45) is 0 Å². The van der Waals surface area contributed by atoms with Crippen LogP contribution < -0.4 is 15.2 Å². The Morgan fingerprint density at radius 2 is 2.13 bits per heavy atom. The number of nitrogens with zero attached hydrogens (tertiary/aromatic N) is 5. The predicted molar refractivity (Wildman–Crippen MR) is 117 cm³/mol. The second-order valence-corrected chi connectivity index (χ2v) is 7.61. The molecule has 5 rings (SSSR count). The van der Waals surface area contributed by atoms with Crippen molar-refractivity contribution in [3.8, 4) is 22.9 Å². The lowest BCUT2D eigenvalue weighted by atomic mass is 9.95. The van der Waals surface area contributed by atoms with Crippen LogP contribution in [0.3, 0.4) is 0 Å². The van der Waals surface area contributed by atoms with Crippen LogP contribution in [0.4, 0.5) is 5.82 Å². The number of aromatic nitrogens is 5. The van der Waals surface area contributed by atoms with Gasteiger partial charge in [0.1, 0.15) is 12.4 Å². The average molecular weight is 417 g/mol. The highest BCUT2D eigenvalue weighted by Gasteiger charge is 2.20. The highest BCUT2D eigenvalue weighted by atomic mass is 16.5. The normalized spacial score (nSPS) is 13.9. The molecule has 0 amide bonds. The standard InChI is InChI=1S/C22H23N7O2/c1-29-6-4-16-15(10-29)7-14(8-18(16)30-2)17-9-25-20(23)22(28-17)31-11-13-3-5-24-21-19(13)26-12-27-21/h3,5,7-9,12H,4,6,10-11H2,1-2H3,(H2,23,25)(H,24,26,27). The van der Waals surface area contributed by atoms with E-state index in [0.29, 0.717) is 11.3 Å². The van der Waals surface area contributed by atoms with Crippen LogP contribution in [-0.4, -0.2) is 50.5 Å². The summed E-state index contributed by atoms with van der Waals surface area (Å²) in [6.07, 6.45) is 5.93. The van der Waals surface area contributed by atoms with Gasteiger partial charge < -0.3 is 25.1 Å². The van der Waals surface area contributed by atoms with Gasteiger partial charge >= 0.3 is 0 Å². The molecule has 0 spiro atoms. The molecule has 3 N–H and O–H groups in total. The minimum atomic E-state index is 0.239. The van der Waals surface area contributed by atoms with Crippen molar-refractivity contribution in [2.45, 2.75) is 19.6 Å². The van der Waals surface area contributed by atoms with E-state index in [4.69, 9.17) is 15.2 Å². The lowest BCUT2D eigenvalue weighted by molar-refractivity contribution is 0.296. The number of H-pyrrole nitrogens is 1. The Hall–Kier alpha value is -3.72. The first kappa shape index (κ1) is 19.3. The minimum absolute atomic E-state index is 0.239. The largest absolute Gasteiger partial charge is 0.496 e. The molecule has 158 valence electrons. The molecular formula is C22H23N7O2. The number of methoxy groups -OCH3 is 1. The Bertz CT molecular complexity index is 1250. The summed E-state index contributed by atoms with van der Waals surface area (Å²) in [6.45, 7) is 2.15. The van der Waals surface area contributed by atoms with Gasteiger partial charge in [0.2, 0.25) is 0 Å². The molecule has 9 nitrogen and oxygen atoms in total. The highest BCUT2D eigenvalue weighted by Crippen LogP contribution is 2.34. The zero-order chi connectivity index (χ0) is 21.4. The number of nitrogen functional groups attached to an aromatic ring is 1. The Balaban J connectivity index is 1.46. The van der Waals surface area contributed by atoms with Crippen LogP contribution in [-0.2, 0) is 19.6 Å². The van der Waals surface area contributed by atoms with Gasteiger partial charge in [-0.3, -0.25) is 0 Å². The molecule has 0 aliphatic carbocycles. The van der Waals surface area contributed by atoms with Gasteiger partial charge in [-0.2, -0.15) is 0 Å². The molecular weight excluding hydrogens is 394 g/mol. The van der Waals surface area contributed by atoms with Crippen molar-refractivity contribution in [1.82, 2.24) is 29.8 Å². The number of ether oxygens (including phenoxy) is 2. The molecule has 0 radical (unpaired) electrons. The second kappa shape index (κ2) is 7.84. The number of benzene rings is 1. The first-order valence-corrected chi connectivity index (χ1v) is 10.0. The first-order chi connectivity index (χ1) is 15.1. The summed E-state index contributed by atoms with van der Waals surface area (Å²) in [5.41, 5.74) is 12.5. The smallest absolute Gasteiger partial charge is 0.258 e. The van der Waals surface area contributed by atoms with E-state index in [1.807, 2.05) is 12.1 Å². The maximum atomic E-state index is 6.05. The van der Waals surface area contributed by atoms with Crippen LogP contribution in [0.2, 0.25) is 0 Å². The summed E-state index contributed by atoms with van der Waals surface area (Å²) in [4.78, 5) is 22.7. The molecule has 1 aliphatic rings. The molecule has 0 fully saturated rings. The summed E-state index contributed by atoms with van der Waals surface area (Å²) in [7, 11) is 3.82. The summed E-state index contributed by atoms with van der Waals surface area (Å²) >= 11 is 0. The highest BCUT2D eigenvalue weighted by molar-refractivity contribution is 5.73. The van der Waals surface area contributed by atoms with Crippen LogP contribution >= 0.6 is 0 Å². The second-order valence-electron chi connectivity index (χ2n) is 7.61. The van der Waals surface area contributed by atoms with E-state index in [2.05, 4.69) is 42.9 Å². The van der Waals surface area contributed by atoms with Gasteiger partial charge in [0, 0.05) is 30.4 Å². The van der Waals surface area contributed by atoms with Crippen molar-refractivity contribution in [3.05, 3.63) is 53.6 Å². The van der Waals surface area contributed by atoms with Crippen molar-refractivity contribution in [2.75, 3.05) is 26.4 Å². The quantitative estimate of drug-likeness (QED) is 0.509. The Labute approximate surface area is 179 Å². The fourth-order valence-electron chi connectivity index (χ4n) is 3.93. The number of imidazole rings is 1. The molecule has 0 saturated heterocycles. The number of rotatable bonds is 5. The zero-order valence-electron chi connectivity index (χ0n) is 17.4. The zero-order valence-corrected chi connectivity index (χ0v) is 17.4. The number of likely N-dealkylation sites (N-methyl/N-ethyl adjacent to an activating group) is 1. The van der Waals surface area contributed by atoms with Gasteiger partial charge in [0.05, 0.1) is 30.8 Å². The topological polar surface area (TPSA) is 115 Å². The third-order valence-corrected chi connectivity index (χ3v) is 5.55. The molecule has 0 saturated carbocycles. The fourth-order valence-corrected chi connectivity index (χ4v) is 3.93. The van der Waals surface area contributed by atoms with Crippen molar-refractivity contribution < 1.29 is 9.47 Å². The van der Waals surface area contributed by atoms with E-state index < -0.39 is 0 Å². The minimum Gasteiger partial charge on any atom is -0.496 e. The SMILES string of the molecule is COc1cc(-c2cnc(N)c(OCc3ccnc4nc[nH]c34)n2)cc2c1CCN(C)C2. The number of nitrogens with one attached hydrogen (secondary N) is 1. The molecule has 31 heavy (non-hydrogen) atoms.